The van der Waals surface area contributed by atoms with Crippen LogP contribution in [0.4, 0.5) is 5.69 Å². The van der Waals surface area contributed by atoms with Crippen molar-refractivity contribution >= 4 is 28.9 Å². The van der Waals surface area contributed by atoms with Crippen molar-refractivity contribution in [1.29, 1.82) is 0 Å². The second-order valence-electron chi connectivity index (χ2n) is 3.70. The van der Waals surface area contributed by atoms with Gasteiger partial charge in [0.05, 0.1) is 15.7 Å². The van der Waals surface area contributed by atoms with Crippen molar-refractivity contribution in [3.05, 3.63) is 65.3 Å². The molecule has 98 valence electrons. The Hall–Kier alpha value is -1.68. The number of rotatable bonds is 4. The smallest absolute Gasteiger partial charge is 0.129 e. The molecule has 0 aliphatic rings. The minimum Gasteiger partial charge on any atom is -0.457 e. The van der Waals surface area contributed by atoms with Gasteiger partial charge >= 0.3 is 0 Å². The number of benzene rings is 2. The summed E-state index contributed by atoms with van der Waals surface area (Å²) in [5.74, 6) is 1.21. The molecule has 3 nitrogen and oxygen atoms in total. The first kappa shape index (κ1) is 13.7. The van der Waals surface area contributed by atoms with Crippen molar-refractivity contribution in [3.8, 4) is 11.5 Å². The largest absolute Gasteiger partial charge is 0.457 e. The monoisotopic (exact) mass is 295 g/mol. The number of nitrogens with zero attached hydrogens (tertiary/aromatic N) is 1. The SMILES string of the molecule is C=CN(O)c1ccc(Oc2ccc(Cl)c(Cl)c2)cc1. The summed E-state index contributed by atoms with van der Waals surface area (Å²) in [6, 6.07) is 11.9. The third-order valence-corrected chi connectivity index (χ3v) is 3.14. The molecule has 0 radical (unpaired) electrons. The van der Waals surface area contributed by atoms with E-state index in [4.69, 9.17) is 27.9 Å². The van der Waals surface area contributed by atoms with Crippen molar-refractivity contribution < 1.29 is 9.94 Å². The second kappa shape index (κ2) is 5.97. The highest BCUT2D eigenvalue weighted by Crippen LogP contribution is 2.30. The van der Waals surface area contributed by atoms with Gasteiger partial charge in [0.2, 0.25) is 0 Å². The first-order valence-corrected chi connectivity index (χ1v) is 6.19. The highest BCUT2D eigenvalue weighted by molar-refractivity contribution is 6.42. The van der Waals surface area contributed by atoms with Crippen LogP contribution in [0.15, 0.2) is 55.2 Å². The molecule has 2 rings (SSSR count). The first-order valence-electron chi connectivity index (χ1n) is 5.44. The van der Waals surface area contributed by atoms with E-state index in [2.05, 4.69) is 6.58 Å². The van der Waals surface area contributed by atoms with Crippen LogP contribution in [0, 0.1) is 0 Å². The van der Waals surface area contributed by atoms with Crippen LogP contribution < -0.4 is 9.80 Å². The lowest BCUT2D eigenvalue weighted by molar-refractivity contribution is 0.296. The van der Waals surface area contributed by atoms with E-state index in [-0.39, 0.29) is 0 Å². The van der Waals surface area contributed by atoms with Gasteiger partial charge in [-0.2, -0.15) is 0 Å². The average molecular weight is 296 g/mol. The molecule has 0 unspecified atom stereocenters. The molecule has 0 aliphatic heterocycles. The maximum Gasteiger partial charge on any atom is 0.129 e. The minimum absolute atomic E-state index is 0.434. The standard InChI is InChI=1S/C14H11Cl2NO2/c1-2-17(18)10-3-5-11(6-4-10)19-12-7-8-13(15)14(16)9-12/h2-9,18H,1H2. The van der Waals surface area contributed by atoms with Crippen molar-refractivity contribution in [2.45, 2.75) is 0 Å². The fourth-order valence-corrected chi connectivity index (χ4v) is 1.74. The summed E-state index contributed by atoms with van der Waals surface area (Å²) in [5.41, 5.74) is 0.594. The Labute approximate surface area is 121 Å². The van der Waals surface area contributed by atoms with Gasteiger partial charge in [-0.25, -0.2) is 5.06 Å². The first-order chi connectivity index (χ1) is 9.10. The van der Waals surface area contributed by atoms with Crippen LogP contribution in [0.2, 0.25) is 10.0 Å². The van der Waals surface area contributed by atoms with E-state index in [1.54, 1.807) is 42.5 Å². The van der Waals surface area contributed by atoms with Crippen molar-refractivity contribution in [2.24, 2.45) is 0 Å². The molecule has 2 aromatic carbocycles. The van der Waals surface area contributed by atoms with Crippen molar-refractivity contribution in [1.82, 2.24) is 0 Å². The Morgan fingerprint density at radius 2 is 1.63 bits per heavy atom. The van der Waals surface area contributed by atoms with E-state index in [9.17, 15) is 5.21 Å². The average Bonchev–Trinajstić information content (AvgIpc) is 2.43. The fraction of sp³-hybridized carbons (Fsp3) is 0. The predicted molar refractivity (Wildman–Crippen MR) is 77.4 cm³/mol. The topological polar surface area (TPSA) is 32.7 Å². The number of halogens is 2. The molecular formula is C14H11Cl2NO2. The van der Waals surface area contributed by atoms with Gasteiger partial charge in [0, 0.05) is 12.3 Å². The number of anilines is 1. The van der Waals surface area contributed by atoms with Crippen LogP contribution in [0.25, 0.3) is 0 Å². The Balaban J connectivity index is 2.15. The van der Waals surface area contributed by atoms with Crippen LogP contribution in [0.3, 0.4) is 0 Å². The molecule has 1 N–H and O–H groups in total. The van der Waals surface area contributed by atoms with Gasteiger partial charge in [0.15, 0.2) is 0 Å². The lowest BCUT2D eigenvalue weighted by atomic mass is 10.3. The second-order valence-corrected chi connectivity index (χ2v) is 4.51. The molecule has 0 amide bonds. The molecule has 0 saturated heterocycles. The Kier molecular flexibility index (Phi) is 4.32. The highest BCUT2D eigenvalue weighted by Gasteiger charge is 2.03. The van der Waals surface area contributed by atoms with Gasteiger partial charge in [0.25, 0.3) is 0 Å². The van der Waals surface area contributed by atoms with Crippen LogP contribution in [0.1, 0.15) is 0 Å². The zero-order valence-corrected chi connectivity index (χ0v) is 11.4. The number of ether oxygens (including phenoxy) is 1. The maximum absolute atomic E-state index is 9.42. The van der Waals surface area contributed by atoms with E-state index >= 15 is 0 Å². The van der Waals surface area contributed by atoms with Gasteiger partial charge in [0.1, 0.15) is 11.5 Å². The summed E-state index contributed by atoms with van der Waals surface area (Å²) in [5, 5.41) is 11.3. The molecule has 2 aromatic rings. The summed E-state index contributed by atoms with van der Waals surface area (Å²) in [4.78, 5) is 0. The quantitative estimate of drug-likeness (QED) is 0.794. The van der Waals surface area contributed by atoms with E-state index < -0.39 is 0 Å². The zero-order chi connectivity index (χ0) is 13.8. The van der Waals surface area contributed by atoms with Gasteiger partial charge in [-0.05, 0) is 36.4 Å². The number of hydrogen-bond acceptors (Lipinski definition) is 3. The molecule has 0 heterocycles. The Morgan fingerprint density at radius 3 is 2.21 bits per heavy atom. The van der Waals surface area contributed by atoms with E-state index in [1.165, 1.54) is 6.20 Å². The maximum atomic E-state index is 9.42. The molecule has 0 saturated carbocycles. The van der Waals surface area contributed by atoms with Gasteiger partial charge < -0.3 is 4.74 Å². The molecule has 0 atom stereocenters. The number of hydrogen-bond donors (Lipinski definition) is 1. The van der Waals surface area contributed by atoms with Crippen LogP contribution in [-0.2, 0) is 0 Å². The number of hydroxylamine groups is 1. The van der Waals surface area contributed by atoms with Crippen molar-refractivity contribution in [2.75, 3.05) is 5.06 Å². The lowest BCUT2D eigenvalue weighted by Crippen LogP contribution is -2.07. The zero-order valence-electron chi connectivity index (χ0n) is 9.88. The normalized spacial score (nSPS) is 10.1. The molecule has 0 fully saturated rings. The summed E-state index contributed by atoms with van der Waals surface area (Å²) in [6.07, 6.45) is 1.30. The molecular weight excluding hydrogens is 285 g/mol. The molecule has 0 bridgehead atoms. The molecule has 0 aliphatic carbocycles. The van der Waals surface area contributed by atoms with Crippen LogP contribution in [-0.4, -0.2) is 5.21 Å². The van der Waals surface area contributed by atoms with E-state index in [1.807, 2.05) is 0 Å². The molecule has 19 heavy (non-hydrogen) atoms. The van der Waals surface area contributed by atoms with Gasteiger partial charge in [-0.3, -0.25) is 5.21 Å². The Bertz CT molecular complexity index is 584. The highest BCUT2D eigenvalue weighted by atomic mass is 35.5. The molecule has 0 aromatic heterocycles. The third-order valence-electron chi connectivity index (χ3n) is 2.40. The predicted octanol–water partition coefficient (Wildman–Crippen LogP) is 5.12. The summed E-state index contributed by atoms with van der Waals surface area (Å²) in [6.45, 7) is 3.46. The molecule has 0 spiro atoms. The Morgan fingerprint density at radius 1 is 1.00 bits per heavy atom. The van der Waals surface area contributed by atoms with Crippen LogP contribution in [0.5, 0.6) is 11.5 Å². The van der Waals surface area contributed by atoms with Gasteiger partial charge in [-0.15, -0.1) is 0 Å². The summed E-state index contributed by atoms with van der Waals surface area (Å²) >= 11 is 11.7. The van der Waals surface area contributed by atoms with Crippen LogP contribution >= 0.6 is 23.2 Å². The summed E-state index contributed by atoms with van der Waals surface area (Å²) in [7, 11) is 0. The molecule has 5 heteroatoms. The fourth-order valence-electron chi connectivity index (χ4n) is 1.45. The van der Waals surface area contributed by atoms with E-state index in [0.717, 1.165) is 5.06 Å². The van der Waals surface area contributed by atoms with Gasteiger partial charge in [-0.1, -0.05) is 29.8 Å². The summed E-state index contributed by atoms with van der Waals surface area (Å²) < 4.78 is 5.61. The minimum atomic E-state index is 0.434. The lowest BCUT2D eigenvalue weighted by Gasteiger charge is -2.12. The van der Waals surface area contributed by atoms with Crippen molar-refractivity contribution in [3.63, 3.8) is 0 Å². The van der Waals surface area contributed by atoms with E-state index in [0.29, 0.717) is 27.2 Å². The third kappa shape index (κ3) is 3.41.